The Bertz CT molecular complexity index is 384. The standard InChI is InChI=1S/C9H11F2N3O/c1-14-5-12-4-6(14)7(15)13-9(2-3-9)8(10)11/h4-5,8H,2-3H2,1H3,(H,13,15). The van der Waals surface area contributed by atoms with E-state index in [2.05, 4.69) is 10.3 Å². The minimum atomic E-state index is -2.50. The zero-order valence-corrected chi connectivity index (χ0v) is 8.20. The molecule has 1 heterocycles. The molecule has 1 aromatic rings. The molecule has 1 aliphatic rings. The van der Waals surface area contributed by atoms with E-state index in [0.29, 0.717) is 18.5 Å². The van der Waals surface area contributed by atoms with Crippen LogP contribution < -0.4 is 5.32 Å². The Kier molecular flexibility index (Phi) is 2.21. The Balaban J connectivity index is 2.08. The number of nitrogens with zero attached hydrogens (tertiary/aromatic N) is 2. The summed E-state index contributed by atoms with van der Waals surface area (Å²) in [6, 6.07) is 0. The molecule has 6 heteroatoms. The third-order valence-electron chi connectivity index (χ3n) is 2.62. The molecule has 1 aromatic heterocycles. The van der Waals surface area contributed by atoms with Gasteiger partial charge in [-0.3, -0.25) is 4.79 Å². The van der Waals surface area contributed by atoms with E-state index in [1.807, 2.05) is 0 Å². The lowest BCUT2D eigenvalue weighted by Crippen LogP contribution is -2.42. The third kappa shape index (κ3) is 1.71. The number of carbonyl (C=O) groups is 1. The second kappa shape index (κ2) is 3.29. The van der Waals surface area contributed by atoms with Gasteiger partial charge in [-0.2, -0.15) is 0 Å². The number of halogens is 2. The van der Waals surface area contributed by atoms with E-state index in [4.69, 9.17) is 0 Å². The van der Waals surface area contributed by atoms with Gasteiger partial charge in [-0.15, -0.1) is 0 Å². The first-order valence-electron chi connectivity index (χ1n) is 4.62. The normalized spacial score (nSPS) is 17.9. The molecule has 0 aromatic carbocycles. The van der Waals surface area contributed by atoms with Crippen molar-refractivity contribution in [2.24, 2.45) is 7.05 Å². The van der Waals surface area contributed by atoms with E-state index in [-0.39, 0.29) is 0 Å². The number of amides is 1. The summed E-state index contributed by atoms with van der Waals surface area (Å²) < 4.78 is 26.6. The minimum absolute atomic E-state index is 0.293. The zero-order chi connectivity index (χ0) is 11.1. The zero-order valence-electron chi connectivity index (χ0n) is 8.20. The van der Waals surface area contributed by atoms with Gasteiger partial charge in [0.1, 0.15) is 11.2 Å². The van der Waals surface area contributed by atoms with E-state index < -0.39 is 17.9 Å². The molecule has 82 valence electrons. The maximum absolute atomic E-state index is 12.5. The molecule has 1 amide bonds. The summed E-state index contributed by atoms with van der Waals surface area (Å²) in [5.74, 6) is -0.493. The highest BCUT2D eigenvalue weighted by Gasteiger charge is 2.52. The van der Waals surface area contributed by atoms with E-state index in [0.717, 1.165) is 0 Å². The van der Waals surface area contributed by atoms with Gasteiger partial charge in [-0.1, -0.05) is 0 Å². The number of aromatic nitrogens is 2. The van der Waals surface area contributed by atoms with Crippen molar-refractivity contribution in [1.82, 2.24) is 14.9 Å². The molecular weight excluding hydrogens is 204 g/mol. The van der Waals surface area contributed by atoms with Gasteiger partial charge in [-0.25, -0.2) is 13.8 Å². The van der Waals surface area contributed by atoms with Crippen molar-refractivity contribution in [3.63, 3.8) is 0 Å². The molecule has 0 unspecified atom stereocenters. The molecule has 1 N–H and O–H groups in total. The van der Waals surface area contributed by atoms with Crippen molar-refractivity contribution in [3.8, 4) is 0 Å². The van der Waals surface area contributed by atoms with Crippen LogP contribution in [0.1, 0.15) is 23.3 Å². The fraction of sp³-hybridized carbons (Fsp3) is 0.556. The van der Waals surface area contributed by atoms with Gasteiger partial charge in [0.25, 0.3) is 12.3 Å². The highest BCUT2D eigenvalue weighted by atomic mass is 19.3. The Hall–Kier alpha value is -1.46. The molecule has 4 nitrogen and oxygen atoms in total. The summed E-state index contributed by atoms with van der Waals surface area (Å²) in [7, 11) is 1.64. The van der Waals surface area contributed by atoms with E-state index in [1.165, 1.54) is 17.1 Å². The average Bonchev–Trinajstić information content (AvgIpc) is 2.82. The maximum atomic E-state index is 12.5. The summed E-state index contributed by atoms with van der Waals surface area (Å²) in [6.07, 6.45) is 0.991. The predicted octanol–water partition coefficient (Wildman–Crippen LogP) is 0.948. The van der Waals surface area contributed by atoms with Gasteiger partial charge in [0.05, 0.1) is 12.5 Å². The molecule has 2 rings (SSSR count). The SMILES string of the molecule is Cn1cncc1C(=O)NC1(C(F)F)CC1. The smallest absolute Gasteiger partial charge is 0.270 e. The van der Waals surface area contributed by atoms with Crippen LogP contribution in [0.5, 0.6) is 0 Å². The first kappa shape index (κ1) is 10.1. The number of aryl methyl sites for hydroxylation is 1. The fourth-order valence-electron chi connectivity index (χ4n) is 1.40. The Morgan fingerprint density at radius 1 is 1.67 bits per heavy atom. The number of carbonyl (C=O) groups excluding carboxylic acids is 1. The van der Waals surface area contributed by atoms with Gasteiger partial charge < -0.3 is 9.88 Å². The van der Waals surface area contributed by atoms with E-state index in [1.54, 1.807) is 7.05 Å². The van der Waals surface area contributed by atoms with Crippen molar-refractivity contribution in [1.29, 1.82) is 0 Å². The van der Waals surface area contributed by atoms with Crippen LogP contribution in [0.25, 0.3) is 0 Å². The van der Waals surface area contributed by atoms with Crippen LogP contribution in [-0.2, 0) is 7.05 Å². The predicted molar refractivity (Wildman–Crippen MR) is 48.6 cm³/mol. The van der Waals surface area contributed by atoms with Crippen LogP contribution >= 0.6 is 0 Å². The molecule has 1 saturated carbocycles. The number of alkyl halides is 2. The van der Waals surface area contributed by atoms with Crippen molar-refractivity contribution in [3.05, 3.63) is 18.2 Å². The number of rotatable bonds is 3. The minimum Gasteiger partial charge on any atom is -0.340 e. The molecular formula is C9H11F2N3O. The van der Waals surface area contributed by atoms with Crippen LogP contribution in [0.4, 0.5) is 8.78 Å². The van der Waals surface area contributed by atoms with Crippen LogP contribution in [0.2, 0.25) is 0 Å². The summed E-state index contributed by atoms with van der Waals surface area (Å²) in [5.41, 5.74) is -0.997. The monoisotopic (exact) mass is 215 g/mol. The number of hydrogen-bond donors (Lipinski definition) is 1. The van der Waals surface area contributed by atoms with Gasteiger partial charge in [0, 0.05) is 7.05 Å². The molecule has 15 heavy (non-hydrogen) atoms. The van der Waals surface area contributed by atoms with Crippen molar-refractivity contribution in [2.45, 2.75) is 24.8 Å². The lowest BCUT2D eigenvalue weighted by molar-refractivity contribution is 0.0674. The molecule has 0 aliphatic heterocycles. The summed E-state index contributed by atoms with van der Waals surface area (Å²) in [4.78, 5) is 15.3. The molecule has 0 bridgehead atoms. The second-order valence-corrected chi connectivity index (χ2v) is 3.80. The highest BCUT2D eigenvalue weighted by Crippen LogP contribution is 2.41. The lowest BCUT2D eigenvalue weighted by Gasteiger charge is -2.15. The Morgan fingerprint density at radius 3 is 2.73 bits per heavy atom. The molecule has 1 fully saturated rings. The van der Waals surface area contributed by atoms with Crippen LogP contribution in [0, 0.1) is 0 Å². The highest BCUT2D eigenvalue weighted by molar-refractivity contribution is 5.93. The van der Waals surface area contributed by atoms with Gasteiger partial charge in [0.15, 0.2) is 0 Å². The second-order valence-electron chi connectivity index (χ2n) is 3.80. The number of hydrogen-bond acceptors (Lipinski definition) is 2. The summed E-state index contributed by atoms with van der Waals surface area (Å²) in [6.45, 7) is 0. The van der Waals surface area contributed by atoms with Crippen molar-refractivity contribution >= 4 is 5.91 Å². The lowest BCUT2D eigenvalue weighted by atomic mass is 10.2. The third-order valence-corrected chi connectivity index (χ3v) is 2.62. The van der Waals surface area contributed by atoms with Crippen LogP contribution in [-0.4, -0.2) is 27.4 Å². The quantitative estimate of drug-likeness (QED) is 0.815. The van der Waals surface area contributed by atoms with Crippen LogP contribution in [0.3, 0.4) is 0 Å². The summed E-state index contributed by atoms with van der Waals surface area (Å²) >= 11 is 0. The fourth-order valence-corrected chi connectivity index (χ4v) is 1.40. The van der Waals surface area contributed by atoms with Crippen molar-refractivity contribution < 1.29 is 13.6 Å². The number of nitrogens with one attached hydrogen (secondary N) is 1. The van der Waals surface area contributed by atoms with E-state index in [9.17, 15) is 13.6 Å². The maximum Gasteiger partial charge on any atom is 0.270 e. The molecule has 0 atom stereocenters. The topological polar surface area (TPSA) is 46.9 Å². The summed E-state index contributed by atoms with van der Waals surface area (Å²) in [5, 5.41) is 2.36. The Labute approximate surface area is 85.3 Å². The average molecular weight is 215 g/mol. The molecule has 1 aliphatic carbocycles. The molecule has 0 radical (unpaired) electrons. The Morgan fingerprint density at radius 2 is 2.33 bits per heavy atom. The first-order chi connectivity index (χ1) is 7.05. The van der Waals surface area contributed by atoms with Crippen molar-refractivity contribution in [2.75, 3.05) is 0 Å². The van der Waals surface area contributed by atoms with Gasteiger partial charge >= 0.3 is 0 Å². The molecule has 0 spiro atoms. The number of imidazole rings is 1. The van der Waals surface area contributed by atoms with E-state index >= 15 is 0 Å². The van der Waals surface area contributed by atoms with Gasteiger partial charge in [-0.05, 0) is 12.8 Å². The van der Waals surface area contributed by atoms with Crippen LogP contribution in [0.15, 0.2) is 12.5 Å². The largest absolute Gasteiger partial charge is 0.340 e. The first-order valence-corrected chi connectivity index (χ1v) is 4.62. The molecule has 0 saturated heterocycles. The van der Waals surface area contributed by atoms with Gasteiger partial charge in [0.2, 0.25) is 0 Å².